The van der Waals surface area contributed by atoms with E-state index in [0.29, 0.717) is 6.42 Å². The molecule has 0 aromatic carbocycles. The molecule has 0 aliphatic heterocycles. The second-order valence-electron chi connectivity index (χ2n) is 2.20. The largest absolute Gasteiger partial charge is 0.356 e. The van der Waals surface area contributed by atoms with Crippen molar-refractivity contribution in [3.63, 3.8) is 0 Å². The Morgan fingerprint density at radius 1 is 0.789 bits per heavy atom. The van der Waals surface area contributed by atoms with Crippen molar-refractivity contribution in [2.24, 2.45) is 0 Å². The smallest absolute Gasteiger partial charge is 0.275 e. The molecule has 0 rings (SSSR count). The minimum atomic E-state index is -2.45. The minimum absolute atomic E-state index is 0.00694. The van der Waals surface area contributed by atoms with E-state index < -0.39 is 21.2 Å². The SMILES string of the molecule is CCCC(O)(O)O.O=[N+]([O-])[O-].O=[N+]([O-])[O-].O=[N+]([O-])[O-]. The molecule has 0 spiro atoms. The molecule has 0 aromatic rings. The molecule has 0 saturated heterocycles. The second kappa shape index (κ2) is 15.5. The van der Waals surface area contributed by atoms with Gasteiger partial charge >= 0.3 is 0 Å². The summed E-state index contributed by atoms with van der Waals surface area (Å²) in [5.74, 6) is -2.45. The minimum Gasteiger partial charge on any atom is -0.356 e. The van der Waals surface area contributed by atoms with E-state index in [1.807, 2.05) is 0 Å². The molecular weight excluding hydrogens is 282 g/mol. The van der Waals surface area contributed by atoms with Crippen LogP contribution < -0.4 is 0 Å². The van der Waals surface area contributed by atoms with Crippen molar-refractivity contribution < 1.29 is 30.6 Å². The van der Waals surface area contributed by atoms with E-state index in [9.17, 15) is 0 Å². The van der Waals surface area contributed by atoms with Crippen LogP contribution in [0.4, 0.5) is 0 Å². The van der Waals surface area contributed by atoms with Gasteiger partial charge in [-0.3, -0.25) is 0 Å². The first-order valence-corrected chi connectivity index (χ1v) is 3.87. The second-order valence-corrected chi connectivity index (χ2v) is 2.20. The van der Waals surface area contributed by atoms with E-state index in [1.165, 1.54) is 0 Å². The Hall–Kier alpha value is -2.52. The van der Waals surface area contributed by atoms with E-state index in [1.54, 1.807) is 6.92 Å². The highest BCUT2D eigenvalue weighted by Gasteiger charge is 2.14. The number of hydrogen-bond acceptors (Lipinski definition) is 12. The van der Waals surface area contributed by atoms with Crippen LogP contribution in [0.1, 0.15) is 19.8 Å². The fourth-order valence-corrected chi connectivity index (χ4v) is 0.335. The van der Waals surface area contributed by atoms with Crippen LogP contribution in [0.2, 0.25) is 0 Å². The quantitative estimate of drug-likeness (QED) is 0.304. The molecule has 0 aliphatic carbocycles. The summed E-state index contributed by atoms with van der Waals surface area (Å²) in [6.45, 7) is 1.75. The van der Waals surface area contributed by atoms with Gasteiger partial charge in [-0.1, -0.05) is 6.92 Å². The number of rotatable bonds is 2. The van der Waals surface area contributed by atoms with Gasteiger partial charge < -0.3 is 61.3 Å². The predicted molar refractivity (Wildman–Crippen MR) is 55.4 cm³/mol. The molecule has 0 atom stereocenters. The summed E-state index contributed by atoms with van der Waals surface area (Å²) >= 11 is 0. The van der Waals surface area contributed by atoms with Crippen LogP contribution in [-0.2, 0) is 0 Å². The van der Waals surface area contributed by atoms with E-state index in [4.69, 9.17) is 61.3 Å². The van der Waals surface area contributed by atoms with Crippen molar-refractivity contribution in [1.29, 1.82) is 0 Å². The van der Waals surface area contributed by atoms with Crippen molar-refractivity contribution in [2.75, 3.05) is 0 Å². The molecule has 0 bridgehead atoms. The maximum atomic E-state index is 8.25. The number of aliphatic hydroxyl groups is 3. The molecule has 0 heterocycles. The van der Waals surface area contributed by atoms with Gasteiger partial charge in [-0.25, -0.2) is 0 Å². The third-order valence-electron chi connectivity index (χ3n) is 0.585. The lowest BCUT2D eigenvalue weighted by Crippen LogP contribution is -2.26. The molecule has 116 valence electrons. The number of hydrogen-bond donors (Lipinski definition) is 3. The zero-order valence-electron chi connectivity index (χ0n) is 9.27. The molecule has 0 aliphatic rings. The molecule has 0 unspecified atom stereocenters. The first kappa shape index (κ1) is 25.4. The molecule has 15 heteroatoms. The Morgan fingerprint density at radius 2 is 0.947 bits per heavy atom. The van der Waals surface area contributed by atoms with Gasteiger partial charge in [0.1, 0.15) is 0 Å². The lowest BCUT2D eigenvalue weighted by Gasteiger charge is -2.10. The standard InChI is InChI=1S/C4H10O3.3NO3/c1-2-3-4(5,6)7;3*2-1(3)4/h5-7H,2-3H2,1H3;;;/q;3*-1. The Balaban J connectivity index is -0.0000000825. The lowest BCUT2D eigenvalue weighted by molar-refractivity contribution is -0.403. The predicted octanol–water partition coefficient (Wildman–Crippen LogP) is -1.30. The van der Waals surface area contributed by atoms with Crippen LogP contribution in [0, 0.1) is 46.0 Å². The maximum absolute atomic E-state index is 8.25. The van der Waals surface area contributed by atoms with Crippen LogP contribution in [-0.4, -0.2) is 36.6 Å². The average Bonchev–Trinajstić information content (AvgIpc) is 1.96. The Morgan fingerprint density at radius 3 is 0.947 bits per heavy atom. The molecule has 0 radical (unpaired) electrons. The molecule has 3 N–H and O–H groups in total. The van der Waals surface area contributed by atoms with Crippen molar-refractivity contribution in [3.8, 4) is 0 Å². The molecule has 15 nitrogen and oxygen atoms in total. The molecular formula is C4H10N3O12-3. The first-order valence-electron chi connectivity index (χ1n) is 3.87. The molecule has 19 heavy (non-hydrogen) atoms. The van der Waals surface area contributed by atoms with Crippen molar-refractivity contribution >= 4 is 0 Å². The summed E-state index contributed by atoms with van der Waals surface area (Å²) < 4.78 is 0. The van der Waals surface area contributed by atoms with E-state index >= 15 is 0 Å². The van der Waals surface area contributed by atoms with E-state index in [2.05, 4.69) is 0 Å². The molecule has 0 fully saturated rings. The van der Waals surface area contributed by atoms with Gasteiger partial charge in [0.05, 0.1) is 15.3 Å². The Labute approximate surface area is 103 Å². The third kappa shape index (κ3) is 1280. The average molecular weight is 292 g/mol. The molecule has 0 saturated carbocycles. The first-order chi connectivity index (χ1) is 8.26. The Bertz CT molecular complexity index is 207. The van der Waals surface area contributed by atoms with Gasteiger partial charge in [-0.2, -0.15) is 0 Å². The van der Waals surface area contributed by atoms with E-state index in [0.717, 1.165) is 0 Å². The lowest BCUT2D eigenvalue weighted by atomic mass is 10.3. The topological polar surface area (TPSA) is 259 Å². The summed E-state index contributed by atoms with van der Waals surface area (Å²) in [6, 6.07) is 0. The van der Waals surface area contributed by atoms with Crippen LogP contribution in [0.3, 0.4) is 0 Å². The fourth-order valence-electron chi connectivity index (χ4n) is 0.335. The number of nitrogens with zero attached hydrogens (tertiary/aromatic N) is 3. The highest BCUT2D eigenvalue weighted by Crippen LogP contribution is 2.01. The van der Waals surface area contributed by atoms with Crippen molar-refractivity contribution in [1.82, 2.24) is 0 Å². The normalized spacial score (nSPS) is 8.21. The molecule has 0 amide bonds. The highest BCUT2D eigenvalue weighted by molar-refractivity contribution is 4.41. The zero-order valence-corrected chi connectivity index (χ0v) is 9.27. The fraction of sp³-hybridized carbons (Fsp3) is 1.00. The maximum Gasteiger partial charge on any atom is 0.275 e. The zero-order chi connectivity index (χ0) is 16.6. The van der Waals surface area contributed by atoms with Crippen molar-refractivity contribution in [2.45, 2.75) is 25.7 Å². The van der Waals surface area contributed by atoms with Gasteiger partial charge in [0.2, 0.25) is 0 Å². The summed E-state index contributed by atoms with van der Waals surface area (Å²) in [6.07, 6.45) is 0.566. The monoisotopic (exact) mass is 292 g/mol. The Kier molecular flexibility index (Phi) is 20.7. The van der Waals surface area contributed by atoms with Crippen LogP contribution in [0.25, 0.3) is 0 Å². The van der Waals surface area contributed by atoms with Gasteiger partial charge in [0.15, 0.2) is 0 Å². The van der Waals surface area contributed by atoms with Crippen LogP contribution in [0.15, 0.2) is 0 Å². The van der Waals surface area contributed by atoms with Gasteiger partial charge in [0.25, 0.3) is 5.97 Å². The van der Waals surface area contributed by atoms with Crippen LogP contribution in [0.5, 0.6) is 0 Å². The summed E-state index contributed by atoms with van der Waals surface area (Å²) in [5.41, 5.74) is 0. The van der Waals surface area contributed by atoms with Crippen molar-refractivity contribution in [3.05, 3.63) is 46.0 Å². The van der Waals surface area contributed by atoms with E-state index in [-0.39, 0.29) is 6.42 Å². The van der Waals surface area contributed by atoms with Gasteiger partial charge in [-0.05, 0) is 6.42 Å². The third-order valence-corrected chi connectivity index (χ3v) is 0.585. The van der Waals surface area contributed by atoms with Crippen LogP contribution >= 0.6 is 0 Å². The summed E-state index contributed by atoms with van der Waals surface area (Å²) in [7, 11) is 0. The molecule has 0 aromatic heterocycles. The summed E-state index contributed by atoms with van der Waals surface area (Å²) in [4.78, 5) is 24.8. The van der Waals surface area contributed by atoms with Gasteiger partial charge in [-0.15, -0.1) is 0 Å². The highest BCUT2D eigenvalue weighted by atomic mass is 16.9. The van der Waals surface area contributed by atoms with Gasteiger partial charge in [0, 0.05) is 6.42 Å². The summed E-state index contributed by atoms with van der Waals surface area (Å²) in [5, 5.41) is 68.6.